The summed E-state index contributed by atoms with van der Waals surface area (Å²) < 4.78 is 38.0. The van der Waals surface area contributed by atoms with Gasteiger partial charge in [0, 0.05) is 21.9 Å². The number of alkyl halides is 4. The molecular formula is C12H12Br2F3NO. The highest BCUT2D eigenvalue weighted by Gasteiger charge is 2.33. The van der Waals surface area contributed by atoms with Crippen LogP contribution in [0.15, 0.2) is 22.7 Å². The van der Waals surface area contributed by atoms with Gasteiger partial charge in [0.25, 0.3) is 0 Å². The summed E-state index contributed by atoms with van der Waals surface area (Å²) >= 11 is 6.09. The Kier molecular flexibility index (Phi) is 6.32. The van der Waals surface area contributed by atoms with Gasteiger partial charge in [-0.2, -0.15) is 13.2 Å². The van der Waals surface area contributed by atoms with Crippen molar-refractivity contribution in [2.24, 2.45) is 0 Å². The SMILES string of the molecule is O=C(CCCCBr)Nc1ccc(Br)c(C(F)(F)F)c1. The molecule has 106 valence electrons. The highest BCUT2D eigenvalue weighted by Crippen LogP contribution is 2.36. The Morgan fingerprint density at radius 1 is 1.26 bits per heavy atom. The smallest absolute Gasteiger partial charge is 0.326 e. The van der Waals surface area contributed by atoms with Gasteiger partial charge in [0.05, 0.1) is 5.56 Å². The number of rotatable bonds is 5. The summed E-state index contributed by atoms with van der Waals surface area (Å²) in [6, 6.07) is 3.63. The molecule has 0 aliphatic rings. The maximum atomic E-state index is 12.7. The molecule has 0 saturated carbocycles. The molecule has 0 heterocycles. The molecule has 0 aliphatic heterocycles. The maximum absolute atomic E-state index is 12.7. The fraction of sp³-hybridized carbons (Fsp3) is 0.417. The summed E-state index contributed by atoms with van der Waals surface area (Å²) in [7, 11) is 0. The van der Waals surface area contributed by atoms with Crippen molar-refractivity contribution in [2.45, 2.75) is 25.4 Å². The molecule has 2 nitrogen and oxygen atoms in total. The lowest BCUT2D eigenvalue weighted by molar-refractivity contribution is -0.138. The molecule has 1 N–H and O–H groups in total. The van der Waals surface area contributed by atoms with Crippen molar-refractivity contribution in [2.75, 3.05) is 10.6 Å². The second kappa shape index (κ2) is 7.28. The summed E-state index contributed by atoms with van der Waals surface area (Å²) in [6.45, 7) is 0. The first kappa shape index (κ1) is 16.5. The summed E-state index contributed by atoms with van der Waals surface area (Å²) in [4.78, 5) is 11.5. The van der Waals surface area contributed by atoms with Crippen molar-refractivity contribution >= 4 is 43.5 Å². The first-order chi connectivity index (χ1) is 8.84. The Hall–Kier alpha value is -0.560. The average molecular weight is 403 g/mol. The number of hydrogen-bond donors (Lipinski definition) is 1. The zero-order valence-electron chi connectivity index (χ0n) is 9.86. The molecule has 7 heteroatoms. The van der Waals surface area contributed by atoms with E-state index in [2.05, 4.69) is 37.2 Å². The van der Waals surface area contributed by atoms with Crippen LogP contribution in [0.4, 0.5) is 18.9 Å². The summed E-state index contributed by atoms with van der Waals surface area (Å²) in [5, 5.41) is 3.27. The van der Waals surface area contributed by atoms with Crippen molar-refractivity contribution in [3.63, 3.8) is 0 Å². The van der Waals surface area contributed by atoms with Crippen LogP contribution in [0.2, 0.25) is 0 Å². The topological polar surface area (TPSA) is 29.1 Å². The third-order valence-electron chi connectivity index (χ3n) is 2.34. The zero-order valence-corrected chi connectivity index (χ0v) is 13.0. The molecule has 0 spiro atoms. The van der Waals surface area contributed by atoms with Gasteiger partial charge in [-0.15, -0.1) is 0 Å². The van der Waals surface area contributed by atoms with E-state index in [1.54, 1.807) is 0 Å². The zero-order chi connectivity index (χ0) is 14.5. The fourth-order valence-corrected chi connectivity index (χ4v) is 2.29. The molecule has 0 unspecified atom stereocenters. The van der Waals surface area contributed by atoms with Crippen molar-refractivity contribution in [1.82, 2.24) is 0 Å². The number of hydrogen-bond acceptors (Lipinski definition) is 1. The van der Waals surface area contributed by atoms with Gasteiger partial charge in [-0.1, -0.05) is 31.9 Å². The van der Waals surface area contributed by atoms with Gasteiger partial charge < -0.3 is 5.32 Å². The standard InChI is InChI=1S/C12H12Br2F3NO/c13-6-2-1-3-11(19)18-8-4-5-10(14)9(7-8)12(15,16)17/h4-5,7H,1-3,6H2,(H,18,19). The largest absolute Gasteiger partial charge is 0.417 e. The van der Waals surface area contributed by atoms with Crippen LogP contribution >= 0.6 is 31.9 Å². The van der Waals surface area contributed by atoms with Crippen molar-refractivity contribution in [3.05, 3.63) is 28.2 Å². The van der Waals surface area contributed by atoms with E-state index in [4.69, 9.17) is 0 Å². The number of anilines is 1. The molecule has 0 radical (unpaired) electrons. The number of benzene rings is 1. The van der Waals surface area contributed by atoms with Gasteiger partial charge in [-0.3, -0.25) is 4.79 Å². The normalized spacial score (nSPS) is 11.4. The lowest BCUT2D eigenvalue weighted by Gasteiger charge is -2.12. The van der Waals surface area contributed by atoms with Gasteiger partial charge in [0.15, 0.2) is 0 Å². The molecular weight excluding hydrogens is 391 g/mol. The van der Waals surface area contributed by atoms with Gasteiger partial charge in [0.1, 0.15) is 0 Å². The Labute approximate surface area is 126 Å². The van der Waals surface area contributed by atoms with Gasteiger partial charge in [-0.25, -0.2) is 0 Å². The second-order valence-electron chi connectivity index (χ2n) is 3.89. The highest BCUT2D eigenvalue weighted by molar-refractivity contribution is 9.10. The van der Waals surface area contributed by atoms with E-state index in [1.165, 1.54) is 12.1 Å². The predicted octanol–water partition coefficient (Wildman–Crippen LogP) is 4.97. The number of halogens is 5. The van der Waals surface area contributed by atoms with E-state index in [9.17, 15) is 18.0 Å². The van der Waals surface area contributed by atoms with E-state index in [0.717, 1.165) is 17.8 Å². The fourth-order valence-electron chi connectivity index (χ4n) is 1.42. The second-order valence-corrected chi connectivity index (χ2v) is 5.53. The Morgan fingerprint density at radius 3 is 2.53 bits per heavy atom. The number of unbranched alkanes of at least 4 members (excludes halogenated alkanes) is 1. The van der Waals surface area contributed by atoms with E-state index in [0.29, 0.717) is 12.8 Å². The van der Waals surface area contributed by atoms with Crippen LogP contribution in [0.5, 0.6) is 0 Å². The molecule has 0 aliphatic carbocycles. The molecule has 1 amide bonds. The third-order valence-corrected chi connectivity index (χ3v) is 3.60. The first-order valence-corrected chi connectivity index (χ1v) is 7.48. The summed E-state index contributed by atoms with van der Waals surface area (Å²) in [6.07, 6.45) is -2.61. The molecule has 0 atom stereocenters. The van der Waals surface area contributed by atoms with Crippen LogP contribution in [-0.2, 0) is 11.0 Å². The molecule has 1 aromatic rings. The molecule has 0 aromatic heterocycles. The number of nitrogens with one attached hydrogen (secondary N) is 1. The summed E-state index contributed by atoms with van der Waals surface area (Å²) in [5.41, 5.74) is -0.648. The molecule has 0 saturated heterocycles. The van der Waals surface area contributed by atoms with Crippen molar-refractivity contribution < 1.29 is 18.0 Å². The maximum Gasteiger partial charge on any atom is 0.417 e. The average Bonchev–Trinajstić information content (AvgIpc) is 2.30. The summed E-state index contributed by atoms with van der Waals surface area (Å²) in [5.74, 6) is -0.281. The Morgan fingerprint density at radius 2 is 1.95 bits per heavy atom. The van der Waals surface area contributed by atoms with Gasteiger partial charge in [-0.05, 0) is 31.0 Å². The van der Waals surface area contributed by atoms with E-state index in [1.807, 2.05) is 0 Å². The van der Waals surface area contributed by atoms with Crippen LogP contribution in [0.1, 0.15) is 24.8 Å². The Bertz CT molecular complexity index is 449. The molecule has 0 fully saturated rings. The van der Waals surface area contributed by atoms with Crippen LogP contribution < -0.4 is 5.32 Å². The van der Waals surface area contributed by atoms with Gasteiger partial charge in [0.2, 0.25) is 5.91 Å². The van der Waals surface area contributed by atoms with Crippen LogP contribution in [-0.4, -0.2) is 11.2 Å². The van der Waals surface area contributed by atoms with Crippen molar-refractivity contribution in [3.8, 4) is 0 Å². The van der Waals surface area contributed by atoms with E-state index < -0.39 is 11.7 Å². The van der Waals surface area contributed by atoms with Gasteiger partial charge >= 0.3 is 6.18 Å². The van der Waals surface area contributed by atoms with Crippen LogP contribution in [0, 0.1) is 0 Å². The predicted molar refractivity (Wildman–Crippen MR) is 75.4 cm³/mol. The third kappa shape index (κ3) is 5.52. The van der Waals surface area contributed by atoms with Crippen LogP contribution in [0.3, 0.4) is 0 Å². The minimum absolute atomic E-state index is 0.0442. The molecule has 0 bridgehead atoms. The lowest BCUT2D eigenvalue weighted by atomic mass is 10.2. The van der Waals surface area contributed by atoms with E-state index >= 15 is 0 Å². The molecule has 1 rings (SSSR count). The quantitative estimate of drug-likeness (QED) is 0.546. The minimum atomic E-state index is -4.45. The monoisotopic (exact) mass is 401 g/mol. The molecule has 1 aromatic carbocycles. The molecule has 19 heavy (non-hydrogen) atoms. The first-order valence-electron chi connectivity index (χ1n) is 5.57. The van der Waals surface area contributed by atoms with Crippen molar-refractivity contribution in [1.29, 1.82) is 0 Å². The minimum Gasteiger partial charge on any atom is -0.326 e. The lowest BCUT2D eigenvalue weighted by Crippen LogP contribution is -2.13. The number of carbonyl (C=O) groups is 1. The van der Waals surface area contributed by atoms with E-state index in [-0.39, 0.29) is 16.1 Å². The van der Waals surface area contributed by atoms with Crippen LogP contribution in [0.25, 0.3) is 0 Å². The highest BCUT2D eigenvalue weighted by atomic mass is 79.9. The number of amides is 1. The number of carbonyl (C=O) groups excluding carboxylic acids is 1. The Balaban J connectivity index is 2.72.